The zero-order valence-electron chi connectivity index (χ0n) is 15.8. The van der Waals surface area contributed by atoms with Crippen LogP contribution >= 0.6 is 12.2 Å². The van der Waals surface area contributed by atoms with Crippen LogP contribution in [-0.4, -0.2) is 34.5 Å². The molecule has 0 bridgehead atoms. The normalized spacial score (nSPS) is 15.1. The second-order valence-electron chi connectivity index (χ2n) is 6.76. The molecule has 7 nitrogen and oxygen atoms in total. The number of carbonyl (C=O) groups excluding carboxylic acids is 2. The number of benzene rings is 2. The maximum atomic E-state index is 12.8. The quantitative estimate of drug-likeness (QED) is 0.609. The predicted molar refractivity (Wildman–Crippen MR) is 113 cm³/mol. The summed E-state index contributed by atoms with van der Waals surface area (Å²) >= 11 is 5.29. The highest BCUT2D eigenvalue weighted by molar-refractivity contribution is 7.71. The number of para-hydroxylation sites is 2. The lowest BCUT2D eigenvalue weighted by molar-refractivity contribution is -0.121. The number of nitrogens with one attached hydrogen (secondary N) is 2. The van der Waals surface area contributed by atoms with Gasteiger partial charge in [-0.2, -0.15) is 0 Å². The Morgan fingerprint density at radius 2 is 2.00 bits per heavy atom. The fraction of sp³-hybridized carbons (Fsp3) is 0.238. The Hall–Kier alpha value is -3.26. The van der Waals surface area contributed by atoms with E-state index < -0.39 is 6.04 Å². The lowest BCUT2D eigenvalue weighted by atomic mass is 10.1. The molecular weight excluding hydrogens is 388 g/mol. The van der Waals surface area contributed by atoms with Gasteiger partial charge in [-0.25, -0.2) is 9.55 Å². The number of fused-ring (bicyclic) bond motifs is 3. The van der Waals surface area contributed by atoms with Crippen LogP contribution in [0.1, 0.15) is 23.2 Å². The second kappa shape index (κ2) is 8.00. The number of methoxy groups -OCH3 is 1. The first-order valence-corrected chi connectivity index (χ1v) is 9.70. The van der Waals surface area contributed by atoms with E-state index in [1.54, 1.807) is 7.11 Å². The van der Waals surface area contributed by atoms with Gasteiger partial charge in [0.1, 0.15) is 17.6 Å². The van der Waals surface area contributed by atoms with Gasteiger partial charge < -0.3 is 15.4 Å². The smallest absolute Gasteiger partial charge is 0.257 e. The third kappa shape index (κ3) is 3.71. The van der Waals surface area contributed by atoms with Crippen molar-refractivity contribution in [2.24, 2.45) is 0 Å². The van der Waals surface area contributed by atoms with E-state index in [4.69, 9.17) is 17.0 Å². The van der Waals surface area contributed by atoms with Crippen LogP contribution in [0.15, 0.2) is 48.5 Å². The van der Waals surface area contributed by atoms with Crippen molar-refractivity contribution in [3.8, 4) is 5.75 Å². The van der Waals surface area contributed by atoms with Crippen LogP contribution in [-0.2, 0) is 11.3 Å². The van der Waals surface area contributed by atoms with E-state index in [0.29, 0.717) is 18.8 Å². The van der Waals surface area contributed by atoms with Crippen molar-refractivity contribution >= 4 is 40.8 Å². The highest BCUT2D eigenvalue weighted by Crippen LogP contribution is 2.29. The number of ether oxygens (including phenoxy) is 1. The minimum Gasteiger partial charge on any atom is -0.496 e. The summed E-state index contributed by atoms with van der Waals surface area (Å²) in [5.74, 6) is 1.06. The lowest BCUT2D eigenvalue weighted by Crippen LogP contribution is -2.29. The third-order valence-corrected chi connectivity index (χ3v) is 5.22. The molecule has 29 heavy (non-hydrogen) atoms. The molecule has 3 aromatic rings. The van der Waals surface area contributed by atoms with E-state index in [9.17, 15) is 9.59 Å². The van der Waals surface area contributed by atoms with Crippen molar-refractivity contribution in [3.05, 3.63) is 58.9 Å². The molecule has 1 aliphatic rings. The first kappa shape index (κ1) is 19.1. The molecule has 1 aliphatic heterocycles. The van der Waals surface area contributed by atoms with E-state index in [2.05, 4.69) is 15.6 Å². The monoisotopic (exact) mass is 408 g/mol. The molecule has 8 heteroatoms. The van der Waals surface area contributed by atoms with Gasteiger partial charge in [0.2, 0.25) is 10.7 Å². The van der Waals surface area contributed by atoms with E-state index in [1.165, 1.54) is 4.57 Å². The average molecular weight is 408 g/mol. The van der Waals surface area contributed by atoms with Gasteiger partial charge in [0.25, 0.3) is 5.91 Å². The number of hydrogen-bond acceptors (Lipinski definition) is 6. The number of carbonyl (C=O) groups is 2. The highest BCUT2D eigenvalue weighted by Gasteiger charge is 2.31. The van der Waals surface area contributed by atoms with Gasteiger partial charge >= 0.3 is 0 Å². The maximum absolute atomic E-state index is 12.8. The van der Waals surface area contributed by atoms with E-state index >= 15 is 0 Å². The largest absolute Gasteiger partial charge is 0.496 e. The van der Waals surface area contributed by atoms with E-state index in [-0.39, 0.29) is 23.0 Å². The van der Waals surface area contributed by atoms with E-state index in [1.807, 2.05) is 48.5 Å². The molecule has 0 radical (unpaired) electrons. The molecule has 4 rings (SSSR count). The Balaban J connectivity index is 1.41. The molecule has 1 aromatic heterocycles. The molecule has 0 saturated heterocycles. The SMILES string of the molecule is COc1ccccc1CNC(=O)CC[C@H]1Nc2c3ccccc3nc(=S)n2C1=O. The Bertz CT molecular complexity index is 1160. The van der Waals surface area contributed by atoms with Gasteiger partial charge in [0, 0.05) is 23.9 Å². The number of nitrogens with zero attached hydrogens (tertiary/aromatic N) is 2. The van der Waals surface area contributed by atoms with Crippen molar-refractivity contribution < 1.29 is 14.3 Å². The van der Waals surface area contributed by atoms with Crippen molar-refractivity contribution in [3.63, 3.8) is 0 Å². The zero-order chi connectivity index (χ0) is 20.4. The van der Waals surface area contributed by atoms with Gasteiger partial charge in [-0.1, -0.05) is 30.3 Å². The number of amides is 1. The summed E-state index contributed by atoms with van der Waals surface area (Å²) in [6.45, 7) is 0.370. The Labute approximate surface area is 172 Å². The second-order valence-corrected chi connectivity index (χ2v) is 7.12. The van der Waals surface area contributed by atoms with E-state index in [0.717, 1.165) is 22.2 Å². The molecule has 2 heterocycles. The van der Waals surface area contributed by atoms with Crippen LogP contribution in [0, 0.1) is 4.77 Å². The molecule has 1 atom stereocenters. The molecule has 0 spiro atoms. The molecule has 0 aliphatic carbocycles. The topological polar surface area (TPSA) is 85.2 Å². The predicted octanol–water partition coefficient (Wildman–Crippen LogP) is 3.31. The summed E-state index contributed by atoms with van der Waals surface area (Å²) in [5.41, 5.74) is 1.63. The van der Waals surface area contributed by atoms with Crippen LogP contribution in [0.3, 0.4) is 0 Å². The van der Waals surface area contributed by atoms with Crippen LogP contribution in [0.25, 0.3) is 10.9 Å². The minimum absolute atomic E-state index is 0.131. The fourth-order valence-corrected chi connectivity index (χ4v) is 3.75. The maximum Gasteiger partial charge on any atom is 0.257 e. The lowest BCUT2D eigenvalue weighted by Gasteiger charge is -2.11. The summed E-state index contributed by atoms with van der Waals surface area (Å²) in [6.07, 6.45) is 0.576. The molecule has 0 saturated carbocycles. The Morgan fingerprint density at radius 3 is 2.83 bits per heavy atom. The van der Waals surface area contributed by atoms with Gasteiger partial charge in [-0.15, -0.1) is 0 Å². The van der Waals surface area contributed by atoms with Gasteiger partial charge in [0.15, 0.2) is 0 Å². The van der Waals surface area contributed by atoms with Crippen molar-refractivity contribution in [1.82, 2.24) is 14.9 Å². The van der Waals surface area contributed by atoms with Gasteiger partial charge in [-0.3, -0.25) is 9.59 Å². The van der Waals surface area contributed by atoms with Crippen LogP contribution < -0.4 is 15.4 Å². The third-order valence-electron chi connectivity index (χ3n) is 4.95. The number of hydrogen-bond donors (Lipinski definition) is 2. The van der Waals surface area contributed by atoms with Crippen molar-refractivity contribution in [2.75, 3.05) is 12.4 Å². The minimum atomic E-state index is -0.513. The summed E-state index contributed by atoms with van der Waals surface area (Å²) in [6, 6.07) is 14.5. The standard InChI is InChI=1S/C21H20N4O3S/c1-28-17-9-5-2-6-13(17)12-22-18(26)11-10-16-20(27)25-19(23-16)14-7-3-4-8-15(14)24-21(25)29/h2-9,16,23H,10-12H2,1H3,(H,22,26)/t16-/m1/s1. The highest BCUT2D eigenvalue weighted by atomic mass is 32.1. The summed E-state index contributed by atoms with van der Waals surface area (Å²) in [7, 11) is 1.60. The van der Waals surface area contributed by atoms with Crippen molar-refractivity contribution in [1.29, 1.82) is 0 Å². The first-order chi connectivity index (χ1) is 14.1. The molecule has 2 N–H and O–H groups in total. The van der Waals surface area contributed by atoms with Gasteiger partial charge in [0.05, 0.1) is 12.6 Å². The van der Waals surface area contributed by atoms with Crippen LogP contribution in [0.5, 0.6) is 5.75 Å². The van der Waals surface area contributed by atoms with Crippen LogP contribution in [0.2, 0.25) is 0 Å². The van der Waals surface area contributed by atoms with Gasteiger partial charge in [-0.05, 0) is 36.8 Å². The Kier molecular flexibility index (Phi) is 5.26. The number of aromatic nitrogens is 2. The average Bonchev–Trinajstić information content (AvgIpc) is 3.08. The molecule has 1 amide bonds. The first-order valence-electron chi connectivity index (χ1n) is 9.29. The summed E-state index contributed by atoms with van der Waals surface area (Å²) in [4.78, 5) is 29.4. The fourth-order valence-electron chi connectivity index (χ4n) is 3.47. The number of rotatable bonds is 6. The van der Waals surface area contributed by atoms with Crippen LogP contribution in [0.4, 0.5) is 5.82 Å². The molecule has 0 fully saturated rings. The molecule has 2 aromatic carbocycles. The Morgan fingerprint density at radius 1 is 1.24 bits per heavy atom. The molecule has 0 unspecified atom stereocenters. The molecule has 148 valence electrons. The summed E-state index contributed by atoms with van der Waals surface area (Å²) < 4.78 is 6.94. The molecular formula is C21H20N4O3S. The zero-order valence-corrected chi connectivity index (χ0v) is 16.7. The number of anilines is 1. The summed E-state index contributed by atoms with van der Waals surface area (Å²) in [5, 5.41) is 6.93. The van der Waals surface area contributed by atoms with Crippen molar-refractivity contribution in [2.45, 2.75) is 25.4 Å².